The van der Waals surface area contributed by atoms with Crippen LogP contribution in [0.25, 0.3) is 11.0 Å². The van der Waals surface area contributed by atoms with Crippen LogP contribution in [0.3, 0.4) is 0 Å². The van der Waals surface area contributed by atoms with Crippen molar-refractivity contribution in [1.29, 1.82) is 0 Å². The number of rotatable bonds is 2. The first-order valence-electron chi connectivity index (χ1n) is 5.71. The fourth-order valence-corrected chi connectivity index (χ4v) is 1.78. The molecule has 3 nitrogen and oxygen atoms in total. The van der Waals surface area contributed by atoms with Gasteiger partial charge in [0.05, 0.1) is 23.1 Å². The van der Waals surface area contributed by atoms with Gasteiger partial charge in [-0.3, -0.25) is 4.98 Å². The predicted octanol–water partition coefficient (Wildman–Crippen LogP) is 3.27. The Morgan fingerprint density at radius 2 is 1.44 bits per heavy atom. The summed E-state index contributed by atoms with van der Waals surface area (Å²) < 4.78 is 0. The Balaban J connectivity index is 2.71. The highest BCUT2D eigenvalue weighted by molar-refractivity contribution is 5.73. The van der Waals surface area contributed by atoms with Crippen LogP contribution in [0.5, 0.6) is 0 Å². The van der Waals surface area contributed by atoms with Crippen molar-refractivity contribution in [2.45, 2.75) is 39.5 Å². The summed E-state index contributed by atoms with van der Waals surface area (Å²) in [6, 6.07) is 1.92. The molecule has 0 bridgehead atoms. The molecule has 0 unspecified atom stereocenters. The molecule has 3 heteroatoms. The second kappa shape index (κ2) is 4.16. The molecule has 2 heterocycles. The number of fused-ring (bicyclic) bond motifs is 1. The van der Waals surface area contributed by atoms with E-state index in [-0.39, 0.29) is 0 Å². The van der Waals surface area contributed by atoms with Crippen LogP contribution in [-0.4, -0.2) is 15.0 Å². The highest BCUT2D eigenvalue weighted by Crippen LogP contribution is 2.24. The van der Waals surface area contributed by atoms with Crippen LogP contribution in [0.1, 0.15) is 50.9 Å². The summed E-state index contributed by atoms with van der Waals surface area (Å²) in [5.74, 6) is 0.803. The Kier molecular flexibility index (Phi) is 2.86. The Morgan fingerprint density at radius 3 is 2.00 bits per heavy atom. The van der Waals surface area contributed by atoms with Gasteiger partial charge in [-0.15, -0.1) is 0 Å². The van der Waals surface area contributed by atoms with Crippen molar-refractivity contribution in [3.05, 3.63) is 29.8 Å². The van der Waals surface area contributed by atoms with Gasteiger partial charge in [-0.1, -0.05) is 27.7 Å². The molecule has 2 rings (SSSR count). The van der Waals surface area contributed by atoms with Gasteiger partial charge in [-0.2, -0.15) is 0 Å². The van der Waals surface area contributed by atoms with Gasteiger partial charge >= 0.3 is 0 Å². The van der Waals surface area contributed by atoms with Gasteiger partial charge in [0.25, 0.3) is 0 Å². The highest BCUT2D eigenvalue weighted by atomic mass is 14.9. The van der Waals surface area contributed by atoms with E-state index in [1.165, 1.54) is 0 Å². The van der Waals surface area contributed by atoms with Gasteiger partial charge < -0.3 is 0 Å². The number of pyridine rings is 1. The summed E-state index contributed by atoms with van der Waals surface area (Å²) in [5, 5.41) is 0. The van der Waals surface area contributed by atoms with Gasteiger partial charge in [0, 0.05) is 6.20 Å². The number of nitrogens with zero attached hydrogens (tertiary/aromatic N) is 3. The third-order valence-corrected chi connectivity index (χ3v) is 2.62. The lowest BCUT2D eigenvalue weighted by Gasteiger charge is -2.14. The molecule has 0 spiro atoms. The maximum Gasteiger partial charge on any atom is 0.107 e. The first-order chi connectivity index (χ1) is 7.59. The molecule has 0 aliphatic carbocycles. The Hall–Kier alpha value is -1.51. The molecular weight excluding hydrogens is 198 g/mol. The third-order valence-electron chi connectivity index (χ3n) is 2.62. The van der Waals surface area contributed by atoms with Crippen LogP contribution < -0.4 is 0 Å². The molecule has 0 aliphatic rings. The molecule has 0 N–H and O–H groups in total. The van der Waals surface area contributed by atoms with Crippen LogP contribution in [0, 0.1) is 0 Å². The van der Waals surface area contributed by atoms with E-state index in [1.54, 1.807) is 12.4 Å². The average Bonchev–Trinajstić information content (AvgIpc) is 2.27. The predicted molar refractivity (Wildman–Crippen MR) is 65.5 cm³/mol. The van der Waals surface area contributed by atoms with Crippen LogP contribution >= 0.6 is 0 Å². The monoisotopic (exact) mass is 215 g/mol. The van der Waals surface area contributed by atoms with Crippen molar-refractivity contribution in [3.63, 3.8) is 0 Å². The molecule has 84 valence electrons. The summed E-state index contributed by atoms with van der Waals surface area (Å²) >= 11 is 0. The number of hydrogen-bond donors (Lipinski definition) is 0. The van der Waals surface area contributed by atoms with E-state index in [2.05, 4.69) is 37.7 Å². The summed E-state index contributed by atoms with van der Waals surface area (Å²) in [7, 11) is 0. The van der Waals surface area contributed by atoms with E-state index in [4.69, 9.17) is 4.98 Å². The van der Waals surface area contributed by atoms with Crippen molar-refractivity contribution in [2.24, 2.45) is 0 Å². The summed E-state index contributed by atoms with van der Waals surface area (Å²) in [6.07, 6.45) is 3.54. The fraction of sp³-hybridized carbons (Fsp3) is 0.462. The molecule has 16 heavy (non-hydrogen) atoms. The van der Waals surface area contributed by atoms with Crippen LogP contribution in [-0.2, 0) is 0 Å². The zero-order valence-corrected chi connectivity index (χ0v) is 10.2. The van der Waals surface area contributed by atoms with Gasteiger partial charge in [0.15, 0.2) is 0 Å². The molecule has 0 radical (unpaired) electrons. The minimum atomic E-state index is 0.398. The van der Waals surface area contributed by atoms with E-state index >= 15 is 0 Å². The van der Waals surface area contributed by atoms with Gasteiger partial charge in [0.1, 0.15) is 5.52 Å². The van der Waals surface area contributed by atoms with Crippen molar-refractivity contribution < 1.29 is 0 Å². The number of aromatic nitrogens is 3. The second-order valence-corrected chi connectivity index (χ2v) is 4.67. The van der Waals surface area contributed by atoms with Gasteiger partial charge in [-0.25, -0.2) is 9.97 Å². The van der Waals surface area contributed by atoms with E-state index < -0.39 is 0 Å². The quantitative estimate of drug-likeness (QED) is 0.771. The zero-order chi connectivity index (χ0) is 11.7. The molecule has 0 fully saturated rings. The summed E-state index contributed by atoms with van der Waals surface area (Å²) in [4.78, 5) is 13.4. The Bertz CT molecular complexity index is 457. The summed E-state index contributed by atoms with van der Waals surface area (Å²) in [6.45, 7) is 8.61. The third kappa shape index (κ3) is 1.90. The maximum absolute atomic E-state index is 4.69. The normalized spacial score (nSPS) is 11.6. The van der Waals surface area contributed by atoms with Crippen LogP contribution in [0.2, 0.25) is 0 Å². The minimum Gasteiger partial charge on any atom is -0.262 e. The standard InChI is InChI=1S/C13H17N3/c1-8(2)12-13(9(3)4)16-11-7-14-6-5-10(11)15-12/h5-9H,1-4H3. The van der Waals surface area contributed by atoms with Crippen molar-refractivity contribution >= 4 is 11.0 Å². The first-order valence-corrected chi connectivity index (χ1v) is 5.71. The Morgan fingerprint density at radius 1 is 0.875 bits per heavy atom. The topological polar surface area (TPSA) is 38.7 Å². The van der Waals surface area contributed by atoms with Gasteiger partial charge in [-0.05, 0) is 17.9 Å². The molecule has 2 aromatic heterocycles. The smallest absolute Gasteiger partial charge is 0.107 e. The Labute approximate surface area is 96.0 Å². The molecule has 0 amide bonds. The van der Waals surface area contributed by atoms with Crippen molar-refractivity contribution in [3.8, 4) is 0 Å². The van der Waals surface area contributed by atoms with Crippen LogP contribution in [0.4, 0.5) is 0 Å². The largest absolute Gasteiger partial charge is 0.262 e. The van der Waals surface area contributed by atoms with E-state index in [1.807, 2.05) is 6.07 Å². The highest BCUT2D eigenvalue weighted by Gasteiger charge is 2.14. The molecule has 0 atom stereocenters. The second-order valence-electron chi connectivity index (χ2n) is 4.67. The maximum atomic E-state index is 4.69. The number of hydrogen-bond acceptors (Lipinski definition) is 3. The lowest BCUT2D eigenvalue weighted by atomic mass is 10.0. The van der Waals surface area contributed by atoms with Gasteiger partial charge in [0.2, 0.25) is 0 Å². The lowest BCUT2D eigenvalue weighted by Crippen LogP contribution is -2.05. The summed E-state index contributed by atoms with van der Waals surface area (Å²) in [5.41, 5.74) is 4.02. The molecule has 0 saturated carbocycles. The molecule has 0 aromatic carbocycles. The van der Waals surface area contributed by atoms with Crippen molar-refractivity contribution in [2.75, 3.05) is 0 Å². The molecule has 0 saturated heterocycles. The lowest BCUT2D eigenvalue weighted by molar-refractivity contribution is 0.737. The average molecular weight is 215 g/mol. The van der Waals surface area contributed by atoms with Crippen molar-refractivity contribution in [1.82, 2.24) is 15.0 Å². The molecule has 2 aromatic rings. The zero-order valence-electron chi connectivity index (χ0n) is 10.2. The molecular formula is C13H17N3. The SMILES string of the molecule is CC(C)c1nc2ccncc2nc1C(C)C. The van der Waals surface area contributed by atoms with E-state index in [0.29, 0.717) is 11.8 Å². The minimum absolute atomic E-state index is 0.398. The van der Waals surface area contributed by atoms with Crippen LogP contribution in [0.15, 0.2) is 18.5 Å². The first kappa shape index (κ1) is 11.0. The fourth-order valence-electron chi connectivity index (χ4n) is 1.78. The van der Waals surface area contributed by atoms with E-state index in [0.717, 1.165) is 22.4 Å². The molecule has 0 aliphatic heterocycles. The van der Waals surface area contributed by atoms with E-state index in [9.17, 15) is 0 Å².